The molecule has 0 aliphatic carbocycles. The molecular weight excluding hydrogens is 322 g/mol. The number of fused-ring (bicyclic) bond motifs is 1. The Kier molecular flexibility index (Phi) is 5.09. The highest BCUT2D eigenvalue weighted by molar-refractivity contribution is 6.12. The van der Waals surface area contributed by atoms with Gasteiger partial charge in [0.1, 0.15) is 11.6 Å². The van der Waals surface area contributed by atoms with Gasteiger partial charge < -0.3 is 5.32 Å². The number of amides is 1. The van der Waals surface area contributed by atoms with E-state index in [1.165, 1.54) is 5.56 Å². The number of aromatic nitrogens is 1. The minimum atomic E-state index is -0.434. The third-order valence-electron chi connectivity index (χ3n) is 4.17. The van der Waals surface area contributed by atoms with Crippen molar-refractivity contribution < 1.29 is 4.79 Å². The quantitative estimate of drug-likeness (QED) is 0.542. The molecule has 0 saturated heterocycles. The second kappa shape index (κ2) is 7.62. The van der Waals surface area contributed by atoms with Gasteiger partial charge in [0.15, 0.2) is 0 Å². The zero-order valence-corrected chi connectivity index (χ0v) is 14.7. The lowest BCUT2D eigenvalue weighted by Gasteiger charge is -2.08. The number of hydrogen-bond donors (Lipinski definition) is 1. The molecule has 0 spiro atoms. The van der Waals surface area contributed by atoms with Gasteiger partial charge in [0.2, 0.25) is 0 Å². The van der Waals surface area contributed by atoms with E-state index >= 15 is 0 Å². The Morgan fingerprint density at radius 2 is 1.88 bits per heavy atom. The van der Waals surface area contributed by atoms with Crippen LogP contribution in [0.1, 0.15) is 30.9 Å². The highest BCUT2D eigenvalue weighted by Crippen LogP contribution is 2.22. The van der Waals surface area contributed by atoms with E-state index in [-0.39, 0.29) is 5.57 Å². The maximum Gasteiger partial charge on any atom is 0.266 e. The van der Waals surface area contributed by atoms with Crippen LogP contribution in [0.3, 0.4) is 0 Å². The van der Waals surface area contributed by atoms with Gasteiger partial charge in [0.05, 0.1) is 11.2 Å². The fraction of sp³-hybridized carbons (Fsp3) is 0.136. The molecule has 1 N–H and O–H groups in total. The third kappa shape index (κ3) is 3.79. The van der Waals surface area contributed by atoms with Crippen molar-refractivity contribution in [2.75, 3.05) is 5.32 Å². The molecule has 0 radical (unpaired) electrons. The average molecular weight is 341 g/mol. The molecule has 4 nitrogen and oxygen atoms in total. The first kappa shape index (κ1) is 17.4. The largest absolute Gasteiger partial charge is 0.321 e. The Morgan fingerprint density at radius 3 is 2.58 bits per heavy atom. The van der Waals surface area contributed by atoms with E-state index in [0.29, 0.717) is 11.6 Å². The topological polar surface area (TPSA) is 65.8 Å². The number of nitrogens with one attached hydrogen (secondary N) is 1. The summed E-state index contributed by atoms with van der Waals surface area (Å²) in [7, 11) is 0. The number of carbonyl (C=O) groups is 1. The van der Waals surface area contributed by atoms with E-state index in [0.717, 1.165) is 16.5 Å². The Hall–Kier alpha value is -3.45. The van der Waals surface area contributed by atoms with E-state index < -0.39 is 5.91 Å². The number of nitriles is 1. The van der Waals surface area contributed by atoms with Crippen molar-refractivity contribution in [2.24, 2.45) is 0 Å². The SMILES string of the molecule is CC(C)c1ccc(C=C(C#N)C(=O)Nc2cccc3ncccc23)cc1. The molecule has 2 aromatic carbocycles. The van der Waals surface area contributed by atoms with Gasteiger partial charge in [-0.1, -0.05) is 44.2 Å². The lowest BCUT2D eigenvalue weighted by atomic mass is 10.0. The smallest absolute Gasteiger partial charge is 0.266 e. The van der Waals surface area contributed by atoms with Crippen molar-refractivity contribution in [3.63, 3.8) is 0 Å². The van der Waals surface area contributed by atoms with Crippen LogP contribution in [0.5, 0.6) is 0 Å². The van der Waals surface area contributed by atoms with Crippen LogP contribution in [0.2, 0.25) is 0 Å². The number of nitrogens with zero attached hydrogens (tertiary/aromatic N) is 2. The van der Waals surface area contributed by atoms with Crippen molar-refractivity contribution in [3.8, 4) is 6.07 Å². The molecule has 0 atom stereocenters. The molecule has 1 amide bonds. The molecule has 0 fully saturated rings. The lowest BCUT2D eigenvalue weighted by molar-refractivity contribution is -0.112. The van der Waals surface area contributed by atoms with E-state index in [4.69, 9.17) is 0 Å². The summed E-state index contributed by atoms with van der Waals surface area (Å²) < 4.78 is 0. The fourth-order valence-electron chi connectivity index (χ4n) is 2.69. The van der Waals surface area contributed by atoms with Gasteiger partial charge in [-0.05, 0) is 47.4 Å². The number of carbonyl (C=O) groups excluding carboxylic acids is 1. The molecular formula is C22H19N3O. The number of benzene rings is 2. The van der Waals surface area contributed by atoms with Gasteiger partial charge in [-0.2, -0.15) is 5.26 Å². The lowest BCUT2D eigenvalue weighted by Crippen LogP contribution is -2.13. The van der Waals surface area contributed by atoms with Crippen LogP contribution in [0, 0.1) is 11.3 Å². The first-order valence-corrected chi connectivity index (χ1v) is 8.45. The van der Waals surface area contributed by atoms with E-state index in [9.17, 15) is 10.1 Å². The van der Waals surface area contributed by atoms with Crippen molar-refractivity contribution >= 4 is 28.6 Å². The molecule has 1 aromatic heterocycles. The molecule has 0 aliphatic heterocycles. The number of rotatable bonds is 4. The van der Waals surface area contributed by atoms with Crippen LogP contribution in [0.15, 0.2) is 66.4 Å². The number of pyridine rings is 1. The summed E-state index contributed by atoms with van der Waals surface area (Å²) in [6, 6.07) is 19.1. The van der Waals surface area contributed by atoms with Gasteiger partial charge in [0.25, 0.3) is 5.91 Å². The third-order valence-corrected chi connectivity index (χ3v) is 4.17. The molecule has 3 rings (SSSR count). The van der Waals surface area contributed by atoms with Crippen molar-refractivity contribution in [1.29, 1.82) is 5.26 Å². The summed E-state index contributed by atoms with van der Waals surface area (Å²) in [6.45, 7) is 4.25. The van der Waals surface area contributed by atoms with E-state index in [1.54, 1.807) is 18.3 Å². The summed E-state index contributed by atoms with van der Waals surface area (Å²) in [4.78, 5) is 16.8. The minimum absolute atomic E-state index is 0.0585. The molecule has 0 bridgehead atoms. The van der Waals surface area contributed by atoms with Crippen LogP contribution in [-0.2, 0) is 4.79 Å². The van der Waals surface area contributed by atoms with Crippen LogP contribution in [0.4, 0.5) is 5.69 Å². The van der Waals surface area contributed by atoms with E-state index in [2.05, 4.69) is 24.1 Å². The maximum absolute atomic E-state index is 12.5. The second-order valence-corrected chi connectivity index (χ2v) is 6.32. The first-order valence-electron chi connectivity index (χ1n) is 8.45. The van der Waals surface area contributed by atoms with Crippen LogP contribution in [0.25, 0.3) is 17.0 Å². The molecule has 128 valence electrons. The predicted molar refractivity (Wildman–Crippen MR) is 104 cm³/mol. The Balaban J connectivity index is 1.86. The highest BCUT2D eigenvalue weighted by atomic mass is 16.1. The summed E-state index contributed by atoms with van der Waals surface area (Å²) in [5.41, 5.74) is 3.52. The Labute approximate surface area is 152 Å². The van der Waals surface area contributed by atoms with E-state index in [1.807, 2.05) is 54.6 Å². The molecule has 4 heteroatoms. The van der Waals surface area contributed by atoms with Crippen LogP contribution < -0.4 is 5.32 Å². The maximum atomic E-state index is 12.5. The van der Waals surface area contributed by atoms with Crippen molar-refractivity contribution in [1.82, 2.24) is 4.98 Å². The molecule has 0 unspecified atom stereocenters. The van der Waals surface area contributed by atoms with Crippen LogP contribution >= 0.6 is 0 Å². The number of hydrogen-bond acceptors (Lipinski definition) is 3. The van der Waals surface area contributed by atoms with Gasteiger partial charge in [-0.3, -0.25) is 9.78 Å². The van der Waals surface area contributed by atoms with Crippen molar-refractivity contribution in [2.45, 2.75) is 19.8 Å². The van der Waals surface area contributed by atoms with Gasteiger partial charge in [-0.15, -0.1) is 0 Å². The number of anilines is 1. The normalized spacial score (nSPS) is 11.4. The van der Waals surface area contributed by atoms with Gasteiger partial charge in [0, 0.05) is 11.6 Å². The summed E-state index contributed by atoms with van der Waals surface area (Å²) in [5, 5.41) is 13.1. The summed E-state index contributed by atoms with van der Waals surface area (Å²) >= 11 is 0. The molecule has 26 heavy (non-hydrogen) atoms. The fourth-order valence-corrected chi connectivity index (χ4v) is 2.69. The Morgan fingerprint density at radius 1 is 1.12 bits per heavy atom. The van der Waals surface area contributed by atoms with Crippen LogP contribution in [-0.4, -0.2) is 10.9 Å². The monoisotopic (exact) mass is 341 g/mol. The zero-order chi connectivity index (χ0) is 18.5. The van der Waals surface area contributed by atoms with Crippen molar-refractivity contribution in [3.05, 3.63) is 77.5 Å². The van der Waals surface area contributed by atoms with Gasteiger partial charge in [-0.25, -0.2) is 0 Å². The Bertz CT molecular complexity index is 1010. The van der Waals surface area contributed by atoms with Gasteiger partial charge >= 0.3 is 0 Å². The average Bonchev–Trinajstić information content (AvgIpc) is 2.66. The minimum Gasteiger partial charge on any atom is -0.321 e. The first-order chi connectivity index (χ1) is 12.6. The second-order valence-electron chi connectivity index (χ2n) is 6.32. The molecule has 3 aromatic rings. The predicted octanol–water partition coefficient (Wildman–Crippen LogP) is 4.90. The molecule has 0 saturated carbocycles. The summed E-state index contributed by atoms with van der Waals surface area (Å²) in [5.74, 6) is 0.00326. The standard InChI is InChI=1S/C22H19N3O/c1-15(2)17-10-8-16(9-11-17)13-18(14-23)22(26)25-21-7-3-6-20-19(21)5-4-12-24-20/h3-13,15H,1-2H3,(H,25,26). The summed E-state index contributed by atoms with van der Waals surface area (Å²) in [6.07, 6.45) is 3.30. The molecule has 1 heterocycles. The zero-order valence-electron chi connectivity index (χ0n) is 14.7. The molecule has 0 aliphatic rings. The highest BCUT2D eigenvalue weighted by Gasteiger charge is 2.11.